The second-order valence-corrected chi connectivity index (χ2v) is 10.8. The number of hydrogen-bond acceptors (Lipinski definition) is 7. The van der Waals surface area contributed by atoms with Gasteiger partial charge in [-0.05, 0) is 50.5 Å². The Balaban J connectivity index is 1.56. The highest BCUT2D eigenvalue weighted by Crippen LogP contribution is 2.40. The summed E-state index contributed by atoms with van der Waals surface area (Å²) in [6.45, 7) is 1.87. The van der Waals surface area contributed by atoms with Crippen LogP contribution in [0.25, 0.3) is 0 Å². The van der Waals surface area contributed by atoms with E-state index < -0.39 is 21.8 Å². The van der Waals surface area contributed by atoms with Crippen LogP contribution in [0.1, 0.15) is 56.2 Å². The van der Waals surface area contributed by atoms with Gasteiger partial charge in [-0.1, -0.05) is 0 Å². The zero-order valence-electron chi connectivity index (χ0n) is 19.5. The molecule has 34 heavy (non-hydrogen) atoms. The van der Waals surface area contributed by atoms with Gasteiger partial charge in [-0.25, -0.2) is 18.2 Å². The van der Waals surface area contributed by atoms with Crippen LogP contribution in [-0.2, 0) is 21.1 Å². The molecular formula is C22H31N5O6S. The number of rotatable bonds is 10. The number of ether oxygens (including phenoxy) is 1. The fourth-order valence-corrected chi connectivity index (χ4v) is 5.26. The van der Waals surface area contributed by atoms with Crippen LogP contribution in [0.2, 0.25) is 0 Å². The molecule has 3 rings (SSSR count). The normalized spacial score (nSPS) is 18.9. The molecule has 186 valence electrons. The number of methoxy groups -OCH3 is 1. The molecule has 11 nitrogen and oxygen atoms in total. The van der Waals surface area contributed by atoms with Crippen molar-refractivity contribution in [3.63, 3.8) is 0 Å². The lowest BCUT2D eigenvalue weighted by Gasteiger charge is -2.14. The number of sulfone groups is 1. The maximum atomic E-state index is 12.6. The number of hydrogen-bond donors (Lipinski definition) is 4. The summed E-state index contributed by atoms with van der Waals surface area (Å²) in [6.07, 6.45) is 5.87. The van der Waals surface area contributed by atoms with E-state index in [4.69, 9.17) is 9.84 Å². The number of carbonyl (C=O) groups is 2. The van der Waals surface area contributed by atoms with Gasteiger partial charge in [-0.3, -0.25) is 9.89 Å². The van der Waals surface area contributed by atoms with Gasteiger partial charge >= 0.3 is 6.09 Å². The van der Waals surface area contributed by atoms with Crippen LogP contribution in [0.3, 0.4) is 0 Å². The Hall–Kier alpha value is -3.15. The van der Waals surface area contributed by atoms with Gasteiger partial charge in [0, 0.05) is 42.2 Å². The van der Waals surface area contributed by atoms with Crippen molar-refractivity contribution < 1.29 is 27.9 Å². The number of pyridine rings is 1. The van der Waals surface area contributed by atoms with Crippen molar-refractivity contribution in [2.24, 2.45) is 5.92 Å². The van der Waals surface area contributed by atoms with Crippen molar-refractivity contribution in [2.75, 3.05) is 18.7 Å². The molecule has 0 aromatic carbocycles. The molecule has 4 N–H and O–H groups in total. The lowest BCUT2D eigenvalue weighted by atomic mass is 9.96. The molecule has 12 heteroatoms. The fourth-order valence-electron chi connectivity index (χ4n) is 4.40. The molecule has 1 aliphatic rings. The molecule has 2 aromatic heterocycles. The average Bonchev–Trinajstić information content (AvgIpc) is 3.40. The van der Waals surface area contributed by atoms with Crippen LogP contribution < -0.4 is 15.4 Å². The van der Waals surface area contributed by atoms with Gasteiger partial charge in [0.15, 0.2) is 15.7 Å². The topological polar surface area (TPSA) is 163 Å². The SMILES string of the molecule is COc1cc(CC(=O)Nc2cc(C3CCC(CC[C@H](C)NC(=O)O)C3)[nH]n2)c(S(C)(=O)=O)cn1. The Morgan fingerprint density at radius 1 is 1.32 bits per heavy atom. The van der Waals surface area contributed by atoms with Crippen molar-refractivity contribution in [3.8, 4) is 5.88 Å². The fraction of sp³-hybridized carbons (Fsp3) is 0.545. The monoisotopic (exact) mass is 493 g/mol. The lowest BCUT2D eigenvalue weighted by Crippen LogP contribution is -2.31. The first-order chi connectivity index (χ1) is 16.0. The van der Waals surface area contributed by atoms with Gasteiger partial charge in [-0.2, -0.15) is 5.10 Å². The Morgan fingerprint density at radius 3 is 2.76 bits per heavy atom. The molecule has 0 bridgehead atoms. The number of carbonyl (C=O) groups excluding carboxylic acids is 1. The van der Waals surface area contributed by atoms with Crippen LogP contribution in [0.15, 0.2) is 23.2 Å². The zero-order valence-corrected chi connectivity index (χ0v) is 20.3. The van der Waals surface area contributed by atoms with Crippen molar-refractivity contribution in [2.45, 2.75) is 62.3 Å². The van der Waals surface area contributed by atoms with E-state index in [9.17, 15) is 18.0 Å². The molecule has 1 saturated carbocycles. The van der Waals surface area contributed by atoms with Gasteiger partial charge in [0.2, 0.25) is 11.8 Å². The highest BCUT2D eigenvalue weighted by molar-refractivity contribution is 7.90. The van der Waals surface area contributed by atoms with E-state index in [1.165, 1.54) is 19.4 Å². The second kappa shape index (κ2) is 10.9. The minimum absolute atomic E-state index is 0.0176. The first kappa shape index (κ1) is 25.5. The van der Waals surface area contributed by atoms with Crippen LogP contribution in [-0.4, -0.2) is 60.1 Å². The third-order valence-corrected chi connectivity index (χ3v) is 7.27. The number of amides is 2. The number of anilines is 1. The smallest absolute Gasteiger partial charge is 0.404 e. The molecule has 2 unspecified atom stereocenters. The summed E-state index contributed by atoms with van der Waals surface area (Å²) in [5, 5.41) is 21.2. The number of aromatic amines is 1. The predicted octanol–water partition coefficient (Wildman–Crippen LogP) is 2.72. The average molecular weight is 494 g/mol. The lowest BCUT2D eigenvalue weighted by molar-refractivity contribution is -0.115. The van der Waals surface area contributed by atoms with Gasteiger partial charge < -0.3 is 20.5 Å². The Bertz CT molecular complexity index is 1130. The number of nitrogens with one attached hydrogen (secondary N) is 3. The van der Waals surface area contributed by atoms with E-state index in [1.54, 1.807) is 0 Å². The molecule has 1 aliphatic carbocycles. The first-order valence-electron chi connectivity index (χ1n) is 11.1. The summed E-state index contributed by atoms with van der Waals surface area (Å²) in [5.41, 5.74) is 1.24. The maximum Gasteiger partial charge on any atom is 0.404 e. The summed E-state index contributed by atoms with van der Waals surface area (Å²) < 4.78 is 29.1. The number of aromatic nitrogens is 3. The summed E-state index contributed by atoms with van der Waals surface area (Å²) in [4.78, 5) is 27.2. The summed E-state index contributed by atoms with van der Waals surface area (Å²) in [5.74, 6) is 1.01. The van der Waals surface area contributed by atoms with Crippen molar-refractivity contribution in [3.05, 3.63) is 29.6 Å². The maximum absolute atomic E-state index is 12.6. The molecule has 2 amide bonds. The number of carboxylic acid groups (broad SMARTS) is 1. The first-order valence-corrected chi connectivity index (χ1v) is 13.0. The van der Waals surface area contributed by atoms with Gasteiger partial charge in [0.05, 0.1) is 18.4 Å². The Labute approximate surface area is 198 Å². The van der Waals surface area contributed by atoms with Crippen molar-refractivity contribution in [1.29, 1.82) is 0 Å². The van der Waals surface area contributed by atoms with Crippen LogP contribution in [0, 0.1) is 5.92 Å². The molecule has 3 atom stereocenters. The van der Waals surface area contributed by atoms with E-state index >= 15 is 0 Å². The third kappa shape index (κ3) is 6.92. The van der Waals surface area contributed by atoms with Gasteiger partial charge in [-0.15, -0.1) is 0 Å². The quantitative estimate of drug-likeness (QED) is 0.392. The molecule has 0 radical (unpaired) electrons. The zero-order chi connectivity index (χ0) is 24.9. The number of nitrogens with zero attached hydrogens (tertiary/aromatic N) is 2. The molecule has 0 spiro atoms. The van der Waals surface area contributed by atoms with Crippen LogP contribution in [0.5, 0.6) is 5.88 Å². The van der Waals surface area contributed by atoms with Gasteiger partial charge in [0.25, 0.3) is 0 Å². The van der Waals surface area contributed by atoms with E-state index in [1.807, 2.05) is 13.0 Å². The summed E-state index contributed by atoms with van der Waals surface area (Å²) in [7, 11) is -2.14. The minimum atomic E-state index is -3.56. The van der Waals surface area contributed by atoms with Crippen LogP contribution >= 0.6 is 0 Å². The van der Waals surface area contributed by atoms with Gasteiger partial charge in [0.1, 0.15) is 0 Å². The molecule has 0 aliphatic heterocycles. The van der Waals surface area contributed by atoms with E-state index in [2.05, 4.69) is 25.8 Å². The third-order valence-electron chi connectivity index (χ3n) is 6.11. The van der Waals surface area contributed by atoms with E-state index in [-0.39, 0.29) is 23.2 Å². The molecule has 2 aromatic rings. The number of H-pyrrole nitrogens is 1. The standard InChI is InChI=1S/C22H31N5O6S/c1-13(24-22(29)30)4-5-14-6-7-15(8-14)17-11-19(27-26-17)25-20(28)9-16-10-21(33-2)23-12-18(16)34(3,31)32/h10-15,24H,4-9H2,1-3H3,(H,29,30)(H2,25,26,27,28)/t13-,14?,15?/m0/s1. The minimum Gasteiger partial charge on any atom is -0.481 e. The molecule has 0 saturated heterocycles. The van der Waals surface area contributed by atoms with Crippen LogP contribution in [0.4, 0.5) is 10.6 Å². The molecule has 1 fully saturated rings. The van der Waals surface area contributed by atoms with Crippen molar-refractivity contribution in [1.82, 2.24) is 20.5 Å². The summed E-state index contributed by atoms with van der Waals surface area (Å²) >= 11 is 0. The van der Waals surface area contributed by atoms with Crippen molar-refractivity contribution >= 4 is 27.7 Å². The highest BCUT2D eigenvalue weighted by Gasteiger charge is 2.28. The molecule has 2 heterocycles. The Morgan fingerprint density at radius 2 is 2.09 bits per heavy atom. The Kier molecular flexibility index (Phi) is 8.13. The van der Waals surface area contributed by atoms with E-state index in [0.29, 0.717) is 23.2 Å². The molecular weight excluding hydrogens is 462 g/mol. The predicted molar refractivity (Wildman–Crippen MR) is 125 cm³/mol. The second-order valence-electron chi connectivity index (χ2n) is 8.84. The largest absolute Gasteiger partial charge is 0.481 e. The van der Waals surface area contributed by atoms with E-state index in [0.717, 1.165) is 44.1 Å². The summed E-state index contributed by atoms with van der Waals surface area (Å²) in [6, 6.07) is 3.18. The highest BCUT2D eigenvalue weighted by atomic mass is 32.2.